The summed E-state index contributed by atoms with van der Waals surface area (Å²) >= 11 is 0. The molecular formula is C21H16N4O2. The van der Waals surface area contributed by atoms with Crippen LogP contribution in [0.2, 0.25) is 0 Å². The van der Waals surface area contributed by atoms with E-state index in [1.807, 2.05) is 41.0 Å². The van der Waals surface area contributed by atoms with Crippen LogP contribution in [0.3, 0.4) is 0 Å². The van der Waals surface area contributed by atoms with Crippen molar-refractivity contribution in [3.63, 3.8) is 0 Å². The molecule has 0 N–H and O–H groups in total. The maximum atomic E-state index is 12.9. The van der Waals surface area contributed by atoms with Crippen LogP contribution in [0.5, 0.6) is 0 Å². The van der Waals surface area contributed by atoms with Gasteiger partial charge in [-0.25, -0.2) is 4.79 Å². The monoisotopic (exact) mass is 356 g/mol. The van der Waals surface area contributed by atoms with Crippen molar-refractivity contribution in [1.82, 2.24) is 13.7 Å². The van der Waals surface area contributed by atoms with Crippen molar-refractivity contribution in [2.75, 3.05) is 0 Å². The van der Waals surface area contributed by atoms with Gasteiger partial charge in [0.2, 0.25) is 0 Å². The number of rotatable bonds is 2. The van der Waals surface area contributed by atoms with E-state index in [0.717, 1.165) is 15.8 Å². The van der Waals surface area contributed by atoms with Gasteiger partial charge in [0.1, 0.15) is 0 Å². The Labute approximate surface area is 154 Å². The van der Waals surface area contributed by atoms with Crippen LogP contribution in [0.15, 0.2) is 70.4 Å². The minimum Gasteiger partial charge on any atom is -0.314 e. The molecule has 4 rings (SSSR count). The van der Waals surface area contributed by atoms with E-state index in [-0.39, 0.29) is 11.2 Å². The molecule has 0 atom stereocenters. The molecule has 6 heteroatoms. The van der Waals surface area contributed by atoms with Crippen molar-refractivity contribution in [3.8, 4) is 23.0 Å². The molecule has 27 heavy (non-hydrogen) atoms. The molecule has 2 aromatic carbocycles. The summed E-state index contributed by atoms with van der Waals surface area (Å²) in [6.07, 6.45) is 1.77. The number of aromatic nitrogens is 3. The molecule has 0 saturated carbocycles. The maximum absolute atomic E-state index is 12.9. The zero-order chi connectivity index (χ0) is 19.1. The molecule has 0 unspecified atom stereocenters. The molecular weight excluding hydrogens is 340 g/mol. The first-order chi connectivity index (χ1) is 13.0. The van der Waals surface area contributed by atoms with Gasteiger partial charge in [0.15, 0.2) is 0 Å². The van der Waals surface area contributed by atoms with Crippen molar-refractivity contribution < 1.29 is 0 Å². The number of benzene rings is 2. The van der Waals surface area contributed by atoms with Crippen molar-refractivity contribution in [1.29, 1.82) is 5.26 Å². The van der Waals surface area contributed by atoms with Crippen LogP contribution in [0, 0.1) is 11.3 Å². The Bertz CT molecular complexity index is 1340. The average molecular weight is 356 g/mol. The number of nitrogens with zero attached hydrogens (tertiary/aromatic N) is 4. The summed E-state index contributed by atoms with van der Waals surface area (Å²) in [6, 6.07) is 18.8. The van der Waals surface area contributed by atoms with E-state index in [4.69, 9.17) is 0 Å². The van der Waals surface area contributed by atoms with Gasteiger partial charge in [0.05, 0.1) is 28.2 Å². The molecule has 2 aromatic heterocycles. The fourth-order valence-corrected chi connectivity index (χ4v) is 3.35. The Morgan fingerprint density at radius 1 is 0.926 bits per heavy atom. The van der Waals surface area contributed by atoms with Crippen LogP contribution in [-0.2, 0) is 14.1 Å². The van der Waals surface area contributed by atoms with E-state index in [9.17, 15) is 14.9 Å². The van der Waals surface area contributed by atoms with Crippen molar-refractivity contribution in [2.45, 2.75) is 0 Å². The Morgan fingerprint density at radius 2 is 1.67 bits per heavy atom. The van der Waals surface area contributed by atoms with Crippen molar-refractivity contribution >= 4 is 10.9 Å². The Kier molecular flexibility index (Phi) is 3.78. The third-order valence-electron chi connectivity index (χ3n) is 4.74. The van der Waals surface area contributed by atoms with Crippen LogP contribution < -0.4 is 11.2 Å². The van der Waals surface area contributed by atoms with E-state index < -0.39 is 0 Å². The predicted octanol–water partition coefficient (Wildman–Crippen LogP) is 2.57. The smallest absolute Gasteiger partial charge is 0.314 e. The van der Waals surface area contributed by atoms with Crippen molar-refractivity contribution in [2.24, 2.45) is 14.1 Å². The molecule has 0 amide bonds. The lowest BCUT2D eigenvalue weighted by atomic mass is 10.1. The summed E-state index contributed by atoms with van der Waals surface area (Å²) in [7, 11) is 3.13. The third-order valence-corrected chi connectivity index (χ3v) is 4.74. The number of fused-ring (bicyclic) bond motifs is 1. The standard InChI is InChI=1S/C21H16N4O2/c1-23-17-13-25(16-10-6-7-14(11-16)12-22)19(15-8-4-3-5-9-15)18(17)20(26)24(2)21(23)27/h3-11,13H,1-2H3. The van der Waals surface area contributed by atoms with Gasteiger partial charge in [-0.15, -0.1) is 0 Å². The summed E-state index contributed by atoms with van der Waals surface area (Å²) < 4.78 is 4.44. The molecule has 0 fully saturated rings. The molecule has 0 aliphatic rings. The van der Waals surface area contributed by atoms with Crippen molar-refractivity contribution in [3.05, 3.63) is 87.2 Å². The van der Waals surface area contributed by atoms with Gasteiger partial charge in [0.25, 0.3) is 5.56 Å². The summed E-state index contributed by atoms with van der Waals surface area (Å²) in [5.41, 5.74) is 2.63. The van der Waals surface area contributed by atoms with Gasteiger partial charge in [0, 0.05) is 26.0 Å². The predicted molar refractivity (Wildman–Crippen MR) is 104 cm³/mol. The normalized spacial score (nSPS) is 10.9. The first-order valence-corrected chi connectivity index (χ1v) is 8.40. The summed E-state index contributed by atoms with van der Waals surface area (Å²) in [4.78, 5) is 25.3. The molecule has 0 bridgehead atoms. The lowest BCUT2D eigenvalue weighted by molar-refractivity contribution is 0.714. The molecule has 0 aliphatic carbocycles. The fourth-order valence-electron chi connectivity index (χ4n) is 3.35. The number of hydrogen-bond donors (Lipinski definition) is 0. The zero-order valence-corrected chi connectivity index (χ0v) is 14.9. The molecule has 6 nitrogen and oxygen atoms in total. The highest BCUT2D eigenvalue weighted by atomic mass is 16.2. The third kappa shape index (κ3) is 2.49. The number of aryl methyl sites for hydroxylation is 1. The fraction of sp³-hybridized carbons (Fsp3) is 0.0952. The van der Waals surface area contributed by atoms with Gasteiger partial charge in [-0.2, -0.15) is 5.26 Å². The highest BCUT2D eigenvalue weighted by Gasteiger charge is 2.20. The van der Waals surface area contributed by atoms with Crippen LogP contribution in [0.1, 0.15) is 5.56 Å². The maximum Gasteiger partial charge on any atom is 0.330 e. The second-order valence-electron chi connectivity index (χ2n) is 6.34. The van der Waals surface area contributed by atoms with E-state index in [1.165, 1.54) is 11.6 Å². The number of nitriles is 1. The topological polar surface area (TPSA) is 72.7 Å². The average Bonchev–Trinajstić information content (AvgIpc) is 3.12. The molecule has 2 heterocycles. The lowest BCUT2D eigenvalue weighted by Crippen LogP contribution is -2.36. The highest BCUT2D eigenvalue weighted by molar-refractivity contribution is 5.94. The molecule has 132 valence electrons. The van der Waals surface area contributed by atoms with Crippen LogP contribution in [0.4, 0.5) is 0 Å². The zero-order valence-electron chi connectivity index (χ0n) is 14.9. The quantitative estimate of drug-likeness (QED) is 0.554. The minimum atomic E-state index is -0.380. The summed E-state index contributed by atoms with van der Waals surface area (Å²) in [6.45, 7) is 0. The van der Waals surface area contributed by atoms with E-state index in [1.54, 1.807) is 31.4 Å². The second kappa shape index (κ2) is 6.15. The first kappa shape index (κ1) is 16.6. The SMILES string of the molecule is Cn1c(=O)c2c(-c3ccccc3)n(-c3cccc(C#N)c3)cc2n(C)c1=O. The van der Waals surface area contributed by atoms with E-state index in [2.05, 4.69) is 6.07 Å². The Morgan fingerprint density at radius 3 is 2.37 bits per heavy atom. The van der Waals surface area contributed by atoms with Crippen LogP contribution in [0.25, 0.3) is 27.8 Å². The Balaban J connectivity index is 2.21. The van der Waals surface area contributed by atoms with E-state index >= 15 is 0 Å². The minimum absolute atomic E-state index is 0.345. The van der Waals surface area contributed by atoms with Crippen LogP contribution in [-0.4, -0.2) is 13.7 Å². The molecule has 0 spiro atoms. The van der Waals surface area contributed by atoms with Gasteiger partial charge >= 0.3 is 5.69 Å². The summed E-state index contributed by atoms with van der Waals surface area (Å²) in [5.74, 6) is 0. The van der Waals surface area contributed by atoms with Gasteiger partial charge < -0.3 is 4.57 Å². The second-order valence-corrected chi connectivity index (χ2v) is 6.34. The summed E-state index contributed by atoms with van der Waals surface area (Å²) in [5, 5.41) is 9.70. The van der Waals surface area contributed by atoms with E-state index in [0.29, 0.717) is 22.2 Å². The first-order valence-electron chi connectivity index (χ1n) is 8.40. The lowest BCUT2D eigenvalue weighted by Gasteiger charge is -2.10. The molecule has 4 aromatic rings. The van der Waals surface area contributed by atoms with Gasteiger partial charge in [-0.05, 0) is 23.8 Å². The molecule has 0 saturated heterocycles. The van der Waals surface area contributed by atoms with Gasteiger partial charge in [-0.1, -0.05) is 36.4 Å². The molecule has 0 aliphatic heterocycles. The molecule has 0 radical (unpaired) electrons. The number of hydrogen-bond acceptors (Lipinski definition) is 3. The highest BCUT2D eigenvalue weighted by Crippen LogP contribution is 2.30. The largest absolute Gasteiger partial charge is 0.330 e. The van der Waals surface area contributed by atoms with Gasteiger partial charge in [-0.3, -0.25) is 13.9 Å². The van der Waals surface area contributed by atoms with Crippen LogP contribution >= 0.6 is 0 Å². The Hall–Kier alpha value is -3.85.